The predicted octanol–water partition coefficient (Wildman–Crippen LogP) is 4.60. The molecule has 0 aliphatic rings. The molecule has 0 amide bonds. The van der Waals surface area contributed by atoms with E-state index in [9.17, 15) is 0 Å². The lowest BCUT2D eigenvalue weighted by molar-refractivity contribution is 0.243. The van der Waals surface area contributed by atoms with E-state index in [2.05, 4.69) is 59.1 Å². The Balaban J connectivity index is 2.18. The second kappa shape index (κ2) is 7.05. The number of thiophene rings is 1. The molecule has 1 aromatic carbocycles. The van der Waals surface area contributed by atoms with Crippen LogP contribution in [0, 0.1) is 6.92 Å². The zero-order valence-electron chi connectivity index (χ0n) is 11.6. The molecule has 5 heteroatoms. The van der Waals surface area contributed by atoms with E-state index in [4.69, 9.17) is 17.3 Å². The molecule has 20 heavy (non-hydrogen) atoms. The lowest BCUT2D eigenvalue weighted by Crippen LogP contribution is -2.30. The molecule has 1 aromatic heterocycles. The Morgan fingerprint density at radius 2 is 2.10 bits per heavy atom. The molecule has 0 radical (unpaired) electrons. The predicted molar refractivity (Wildman–Crippen MR) is 91.5 cm³/mol. The van der Waals surface area contributed by atoms with Gasteiger partial charge in [0, 0.05) is 28.5 Å². The van der Waals surface area contributed by atoms with Crippen molar-refractivity contribution in [3.8, 4) is 0 Å². The average molecular weight is 374 g/mol. The molecule has 0 fully saturated rings. The lowest BCUT2D eigenvalue weighted by Gasteiger charge is -2.28. The number of likely N-dealkylation sites (N-methyl/N-ethyl adjacent to an activating group) is 1. The van der Waals surface area contributed by atoms with E-state index < -0.39 is 0 Å². The van der Waals surface area contributed by atoms with Gasteiger partial charge in [-0.3, -0.25) is 4.90 Å². The third-order valence-corrected chi connectivity index (χ3v) is 5.21. The summed E-state index contributed by atoms with van der Waals surface area (Å²) < 4.78 is 1.94. The van der Waals surface area contributed by atoms with Gasteiger partial charge in [0.2, 0.25) is 0 Å². The van der Waals surface area contributed by atoms with Gasteiger partial charge in [-0.15, -0.1) is 11.3 Å². The molecule has 1 atom stereocenters. The van der Waals surface area contributed by atoms with Gasteiger partial charge in [0.05, 0.1) is 4.34 Å². The van der Waals surface area contributed by atoms with Crippen molar-refractivity contribution in [2.24, 2.45) is 5.73 Å². The van der Waals surface area contributed by atoms with E-state index in [1.54, 1.807) is 11.3 Å². The van der Waals surface area contributed by atoms with Crippen molar-refractivity contribution in [3.05, 3.63) is 55.1 Å². The van der Waals surface area contributed by atoms with Gasteiger partial charge < -0.3 is 5.73 Å². The molecule has 0 bridgehead atoms. The molecule has 0 saturated heterocycles. The number of nitrogens with two attached hydrogens (primary N) is 1. The highest BCUT2D eigenvalue weighted by Crippen LogP contribution is 2.30. The smallest absolute Gasteiger partial charge is 0.0931 e. The maximum absolute atomic E-state index is 5.99. The molecule has 0 saturated carbocycles. The van der Waals surface area contributed by atoms with Crippen molar-refractivity contribution in [1.29, 1.82) is 0 Å². The summed E-state index contributed by atoms with van der Waals surface area (Å²) in [6.45, 7) is 3.51. The number of rotatable bonds is 5. The van der Waals surface area contributed by atoms with Crippen molar-refractivity contribution < 1.29 is 0 Å². The fraction of sp³-hybridized carbons (Fsp3) is 0.333. The Morgan fingerprint density at radius 1 is 1.35 bits per heavy atom. The Bertz CT molecular complexity index is 585. The van der Waals surface area contributed by atoms with E-state index in [1.807, 2.05) is 6.07 Å². The van der Waals surface area contributed by atoms with Crippen molar-refractivity contribution >= 4 is 38.9 Å². The lowest BCUT2D eigenvalue weighted by atomic mass is 10.0. The summed E-state index contributed by atoms with van der Waals surface area (Å²) in [6, 6.07) is 10.6. The minimum Gasteiger partial charge on any atom is -0.329 e. The number of hydrogen-bond donors (Lipinski definition) is 1. The Morgan fingerprint density at radius 3 is 2.65 bits per heavy atom. The zero-order valence-corrected chi connectivity index (χ0v) is 14.7. The number of halogens is 2. The van der Waals surface area contributed by atoms with Crippen LogP contribution >= 0.6 is 38.9 Å². The summed E-state index contributed by atoms with van der Waals surface area (Å²) in [6.07, 6.45) is 0. The third kappa shape index (κ3) is 3.83. The SMILES string of the molecule is Cc1ccc(C(CN)N(C)Cc2ccc(Cl)s2)c(Br)c1. The van der Waals surface area contributed by atoms with Gasteiger partial charge in [0.1, 0.15) is 0 Å². The van der Waals surface area contributed by atoms with Gasteiger partial charge in [0.25, 0.3) is 0 Å². The molecule has 1 unspecified atom stereocenters. The van der Waals surface area contributed by atoms with Gasteiger partial charge in [-0.05, 0) is 43.3 Å². The summed E-state index contributed by atoms with van der Waals surface area (Å²) in [4.78, 5) is 3.51. The first kappa shape index (κ1) is 16.0. The Hall–Kier alpha value is -0.390. The molecular formula is C15H18BrClN2S. The monoisotopic (exact) mass is 372 g/mol. The van der Waals surface area contributed by atoms with Crippen LogP contribution in [0.5, 0.6) is 0 Å². The van der Waals surface area contributed by atoms with Crippen molar-refractivity contribution in [2.45, 2.75) is 19.5 Å². The van der Waals surface area contributed by atoms with Crippen LogP contribution in [0.4, 0.5) is 0 Å². The fourth-order valence-electron chi connectivity index (χ4n) is 2.24. The number of aryl methyl sites for hydroxylation is 1. The molecule has 2 nitrogen and oxygen atoms in total. The third-order valence-electron chi connectivity index (χ3n) is 3.30. The largest absolute Gasteiger partial charge is 0.329 e. The maximum Gasteiger partial charge on any atom is 0.0931 e. The number of nitrogens with zero attached hydrogens (tertiary/aromatic N) is 1. The van der Waals surface area contributed by atoms with Crippen LogP contribution in [0.2, 0.25) is 4.34 Å². The highest BCUT2D eigenvalue weighted by molar-refractivity contribution is 9.10. The van der Waals surface area contributed by atoms with Gasteiger partial charge in [0.15, 0.2) is 0 Å². The summed E-state index contributed by atoms with van der Waals surface area (Å²) in [5, 5.41) is 0. The normalized spacial score (nSPS) is 12.9. The average Bonchev–Trinajstić information content (AvgIpc) is 2.78. The van der Waals surface area contributed by atoms with E-state index in [0.29, 0.717) is 6.54 Å². The molecule has 2 rings (SSSR count). The first-order valence-corrected chi connectivity index (χ1v) is 8.40. The molecule has 1 heterocycles. The molecule has 0 aliphatic carbocycles. The topological polar surface area (TPSA) is 29.3 Å². The summed E-state index contributed by atoms with van der Waals surface area (Å²) in [5.74, 6) is 0. The number of benzene rings is 1. The van der Waals surface area contributed by atoms with Crippen LogP contribution in [0.3, 0.4) is 0 Å². The number of hydrogen-bond acceptors (Lipinski definition) is 3. The van der Waals surface area contributed by atoms with Gasteiger partial charge in [-0.1, -0.05) is 39.7 Å². The van der Waals surface area contributed by atoms with Crippen LogP contribution in [0.25, 0.3) is 0 Å². The van der Waals surface area contributed by atoms with Crippen LogP contribution in [0.15, 0.2) is 34.8 Å². The molecule has 2 N–H and O–H groups in total. The van der Waals surface area contributed by atoms with E-state index >= 15 is 0 Å². The second-order valence-electron chi connectivity index (χ2n) is 4.90. The molecule has 0 spiro atoms. The second-order valence-corrected chi connectivity index (χ2v) is 7.55. The minimum atomic E-state index is 0.186. The quantitative estimate of drug-likeness (QED) is 0.829. The van der Waals surface area contributed by atoms with E-state index in [1.165, 1.54) is 16.0 Å². The highest BCUT2D eigenvalue weighted by atomic mass is 79.9. The highest BCUT2D eigenvalue weighted by Gasteiger charge is 2.18. The standard InChI is InChI=1S/C15H18BrClN2S/c1-10-3-5-12(13(16)7-10)14(8-18)19(2)9-11-4-6-15(17)20-11/h3-7,14H,8-9,18H2,1-2H3. The van der Waals surface area contributed by atoms with Crippen molar-refractivity contribution in [1.82, 2.24) is 4.90 Å². The van der Waals surface area contributed by atoms with Gasteiger partial charge >= 0.3 is 0 Å². The fourth-order valence-corrected chi connectivity index (χ4v) is 4.15. The van der Waals surface area contributed by atoms with Crippen LogP contribution < -0.4 is 5.73 Å². The van der Waals surface area contributed by atoms with Crippen LogP contribution in [-0.2, 0) is 6.54 Å². The first-order valence-electron chi connectivity index (χ1n) is 6.42. The molecule has 0 aliphatic heterocycles. The van der Waals surface area contributed by atoms with Crippen molar-refractivity contribution in [3.63, 3.8) is 0 Å². The first-order chi connectivity index (χ1) is 9.51. The van der Waals surface area contributed by atoms with E-state index in [0.717, 1.165) is 15.4 Å². The molecule has 2 aromatic rings. The Kier molecular flexibility index (Phi) is 5.64. The summed E-state index contributed by atoms with van der Waals surface area (Å²) in [7, 11) is 2.09. The zero-order chi connectivity index (χ0) is 14.7. The minimum absolute atomic E-state index is 0.186. The van der Waals surface area contributed by atoms with Gasteiger partial charge in [-0.2, -0.15) is 0 Å². The molecule has 108 valence electrons. The maximum atomic E-state index is 5.99. The molecular weight excluding hydrogens is 356 g/mol. The summed E-state index contributed by atoms with van der Waals surface area (Å²) >= 11 is 11.2. The van der Waals surface area contributed by atoms with E-state index in [-0.39, 0.29) is 6.04 Å². The Labute approximate surface area is 137 Å². The summed E-state index contributed by atoms with van der Waals surface area (Å²) in [5.41, 5.74) is 8.45. The van der Waals surface area contributed by atoms with Crippen LogP contribution in [-0.4, -0.2) is 18.5 Å². The van der Waals surface area contributed by atoms with Gasteiger partial charge in [-0.25, -0.2) is 0 Å². The van der Waals surface area contributed by atoms with Crippen LogP contribution in [0.1, 0.15) is 22.0 Å². The van der Waals surface area contributed by atoms with Crippen molar-refractivity contribution in [2.75, 3.05) is 13.6 Å².